The van der Waals surface area contributed by atoms with E-state index in [1.54, 1.807) is 0 Å². The molecule has 0 aromatic heterocycles. The Kier molecular flexibility index (Phi) is 5.51. The fraction of sp³-hybridized carbons (Fsp3) is 0.333. The summed E-state index contributed by atoms with van der Waals surface area (Å²) in [5.41, 5.74) is 0.187. The third kappa shape index (κ3) is 3.93. The molecule has 0 saturated heterocycles. The van der Waals surface area contributed by atoms with Crippen molar-refractivity contribution in [3.63, 3.8) is 0 Å². The highest BCUT2D eigenvalue weighted by atomic mass is 35.5. The first-order valence-corrected chi connectivity index (χ1v) is 7.48. The number of benzene rings is 1. The molecule has 1 aromatic carbocycles. The number of hydrogen-bond donors (Lipinski definition) is 1. The summed E-state index contributed by atoms with van der Waals surface area (Å²) in [6.45, 7) is 0.0573. The first-order valence-electron chi connectivity index (χ1n) is 5.67. The summed E-state index contributed by atoms with van der Waals surface area (Å²) < 4.78 is 25.6. The number of carboxylic acids is 1. The third-order valence-corrected chi connectivity index (χ3v) is 4.95. The maximum absolute atomic E-state index is 12.3. The molecule has 0 bridgehead atoms. The van der Waals surface area contributed by atoms with E-state index in [1.165, 1.54) is 25.2 Å². The molecule has 0 heterocycles. The molecule has 0 atom stereocenters. The first kappa shape index (κ1) is 16.4. The standard InChI is InChI=1S/C12H13ClN2O4S/c1-15(6-2-3-12(16)17)20(18,19)11-7-9(8-14)4-5-10(11)13/h4-5,7H,2-3,6H2,1H3,(H,16,17). The summed E-state index contributed by atoms with van der Waals surface area (Å²) in [5.74, 6) is -0.986. The molecular weight excluding hydrogens is 304 g/mol. The van der Waals surface area contributed by atoms with E-state index in [9.17, 15) is 13.2 Å². The van der Waals surface area contributed by atoms with E-state index in [0.717, 1.165) is 4.31 Å². The largest absolute Gasteiger partial charge is 0.481 e. The Hall–Kier alpha value is -1.62. The highest BCUT2D eigenvalue weighted by molar-refractivity contribution is 7.89. The zero-order valence-electron chi connectivity index (χ0n) is 10.7. The number of carboxylic acid groups (broad SMARTS) is 1. The molecule has 0 aliphatic heterocycles. The van der Waals surface area contributed by atoms with E-state index in [0.29, 0.717) is 0 Å². The predicted molar refractivity (Wildman–Crippen MR) is 72.9 cm³/mol. The molecule has 0 spiro atoms. The van der Waals surface area contributed by atoms with E-state index in [4.69, 9.17) is 22.0 Å². The van der Waals surface area contributed by atoms with Crippen LogP contribution in [0.1, 0.15) is 18.4 Å². The smallest absolute Gasteiger partial charge is 0.303 e. The van der Waals surface area contributed by atoms with Crippen LogP contribution < -0.4 is 0 Å². The van der Waals surface area contributed by atoms with E-state index in [1.807, 2.05) is 6.07 Å². The fourth-order valence-corrected chi connectivity index (χ4v) is 3.22. The van der Waals surface area contributed by atoms with Gasteiger partial charge in [-0.3, -0.25) is 4.79 Å². The SMILES string of the molecule is CN(CCCC(=O)O)S(=O)(=O)c1cc(C#N)ccc1Cl. The molecule has 0 aliphatic rings. The zero-order chi connectivity index (χ0) is 15.3. The van der Waals surface area contributed by atoms with Gasteiger partial charge in [-0.2, -0.15) is 5.26 Å². The Morgan fingerprint density at radius 2 is 2.15 bits per heavy atom. The number of rotatable bonds is 6. The predicted octanol–water partition coefficient (Wildman–Crippen LogP) is 1.70. The molecule has 6 nitrogen and oxygen atoms in total. The average molecular weight is 317 g/mol. The van der Waals surface area contributed by atoms with Crippen molar-refractivity contribution in [2.75, 3.05) is 13.6 Å². The molecule has 0 unspecified atom stereocenters. The van der Waals surface area contributed by atoms with Crippen molar-refractivity contribution in [1.29, 1.82) is 5.26 Å². The van der Waals surface area contributed by atoms with Crippen LogP contribution in [-0.2, 0) is 14.8 Å². The van der Waals surface area contributed by atoms with Gasteiger partial charge in [-0.1, -0.05) is 11.6 Å². The minimum atomic E-state index is -3.84. The van der Waals surface area contributed by atoms with Gasteiger partial charge in [0.15, 0.2) is 0 Å². The lowest BCUT2D eigenvalue weighted by atomic mass is 10.2. The van der Waals surface area contributed by atoms with Crippen LogP contribution in [0.4, 0.5) is 0 Å². The molecule has 0 fully saturated rings. The van der Waals surface area contributed by atoms with E-state index in [2.05, 4.69) is 0 Å². The van der Waals surface area contributed by atoms with Crippen molar-refractivity contribution in [2.24, 2.45) is 0 Å². The Morgan fingerprint density at radius 3 is 2.70 bits per heavy atom. The highest BCUT2D eigenvalue weighted by Crippen LogP contribution is 2.25. The summed E-state index contributed by atoms with van der Waals surface area (Å²) in [4.78, 5) is 10.3. The van der Waals surface area contributed by atoms with E-state index < -0.39 is 16.0 Å². The normalized spacial score (nSPS) is 11.3. The quantitative estimate of drug-likeness (QED) is 0.861. The molecule has 0 amide bonds. The second-order valence-electron chi connectivity index (χ2n) is 4.08. The van der Waals surface area contributed by atoms with Gasteiger partial charge in [-0.15, -0.1) is 0 Å². The Labute approximate surface area is 122 Å². The van der Waals surface area contributed by atoms with Crippen molar-refractivity contribution in [3.8, 4) is 6.07 Å². The molecule has 108 valence electrons. The second-order valence-corrected chi connectivity index (χ2v) is 6.50. The molecule has 8 heteroatoms. The van der Waals surface area contributed by atoms with Gasteiger partial charge in [0.05, 0.1) is 16.7 Å². The Bertz CT molecular complexity index is 652. The van der Waals surface area contributed by atoms with Crippen molar-refractivity contribution < 1.29 is 18.3 Å². The maximum atomic E-state index is 12.3. The summed E-state index contributed by atoms with van der Waals surface area (Å²) in [6.07, 6.45) is 0.0758. The van der Waals surface area contributed by atoms with Gasteiger partial charge in [0, 0.05) is 20.0 Å². The van der Waals surface area contributed by atoms with Gasteiger partial charge >= 0.3 is 5.97 Å². The van der Waals surface area contributed by atoms with Crippen LogP contribution in [0.5, 0.6) is 0 Å². The summed E-state index contributed by atoms with van der Waals surface area (Å²) in [7, 11) is -2.50. The number of nitrogens with zero attached hydrogens (tertiary/aromatic N) is 2. The number of hydrogen-bond acceptors (Lipinski definition) is 4. The van der Waals surface area contributed by atoms with Gasteiger partial charge in [0.1, 0.15) is 4.90 Å². The topological polar surface area (TPSA) is 98.5 Å². The summed E-state index contributed by atoms with van der Waals surface area (Å²) in [6, 6.07) is 5.81. The second kappa shape index (κ2) is 6.70. The van der Waals surface area contributed by atoms with Gasteiger partial charge in [-0.25, -0.2) is 12.7 Å². The number of carbonyl (C=O) groups is 1. The minimum absolute atomic E-state index is 0.0223. The minimum Gasteiger partial charge on any atom is -0.481 e. The first-order chi connectivity index (χ1) is 9.28. The van der Waals surface area contributed by atoms with Gasteiger partial charge in [0.25, 0.3) is 0 Å². The van der Waals surface area contributed by atoms with Crippen molar-refractivity contribution in [2.45, 2.75) is 17.7 Å². The van der Waals surface area contributed by atoms with Crippen LogP contribution in [-0.4, -0.2) is 37.4 Å². The molecule has 0 saturated carbocycles. The van der Waals surface area contributed by atoms with Crippen LogP contribution in [0.3, 0.4) is 0 Å². The number of nitriles is 1. The molecular formula is C12H13ClN2O4S. The van der Waals surface area contributed by atoms with E-state index in [-0.39, 0.29) is 34.9 Å². The zero-order valence-corrected chi connectivity index (χ0v) is 12.3. The monoisotopic (exact) mass is 316 g/mol. The summed E-state index contributed by atoms with van der Waals surface area (Å²) >= 11 is 5.86. The van der Waals surface area contributed by atoms with Crippen LogP contribution in [0.15, 0.2) is 23.1 Å². The lowest BCUT2D eigenvalue weighted by Gasteiger charge is -2.17. The van der Waals surface area contributed by atoms with E-state index >= 15 is 0 Å². The van der Waals surface area contributed by atoms with Crippen LogP contribution in [0, 0.1) is 11.3 Å². The molecule has 0 aliphatic carbocycles. The molecule has 1 aromatic rings. The summed E-state index contributed by atoms with van der Waals surface area (Å²) in [5, 5.41) is 17.3. The average Bonchev–Trinajstić information content (AvgIpc) is 2.38. The van der Waals surface area contributed by atoms with Gasteiger partial charge in [0.2, 0.25) is 10.0 Å². The van der Waals surface area contributed by atoms with Crippen molar-refractivity contribution in [3.05, 3.63) is 28.8 Å². The maximum Gasteiger partial charge on any atom is 0.303 e. The lowest BCUT2D eigenvalue weighted by Crippen LogP contribution is -2.28. The van der Waals surface area contributed by atoms with Crippen LogP contribution in [0.2, 0.25) is 5.02 Å². The van der Waals surface area contributed by atoms with Gasteiger partial charge < -0.3 is 5.11 Å². The van der Waals surface area contributed by atoms with Gasteiger partial charge in [-0.05, 0) is 24.6 Å². The Balaban J connectivity index is 2.98. The van der Waals surface area contributed by atoms with Crippen LogP contribution >= 0.6 is 11.6 Å². The highest BCUT2D eigenvalue weighted by Gasteiger charge is 2.23. The fourth-order valence-electron chi connectivity index (χ4n) is 1.51. The van der Waals surface area contributed by atoms with Crippen molar-refractivity contribution >= 4 is 27.6 Å². The van der Waals surface area contributed by atoms with Crippen LogP contribution in [0.25, 0.3) is 0 Å². The molecule has 1 N–H and O–H groups in total. The third-order valence-electron chi connectivity index (χ3n) is 2.61. The lowest BCUT2D eigenvalue weighted by molar-refractivity contribution is -0.137. The molecule has 20 heavy (non-hydrogen) atoms. The molecule has 0 radical (unpaired) electrons. The number of sulfonamides is 1. The molecule has 1 rings (SSSR count). The number of aliphatic carboxylic acids is 1. The number of halogens is 1. The Morgan fingerprint density at radius 1 is 1.50 bits per heavy atom. The van der Waals surface area contributed by atoms with Crippen molar-refractivity contribution in [1.82, 2.24) is 4.31 Å².